The molecule has 0 fully saturated rings. The van der Waals surface area contributed by atoms with E-state index in [1.807, 2.05) is 0 Å². The van der Waals surface area contributed by atoms with E-state index in [1.54, 1.807) is 0 Å². The molecule has 0 aliphatic rings. The number of hydrogen-bond donors (Lipinski definition) is 8. The maximum absolute atomic E-state index is 9.85. The SMILES string of the molecule is O=P(O)(O)CP(=O)(O)O.O=P(O)(O)OP(=O)(O)O. The highest BCUT2D eigenvalue weighted by Gasteiger charge is 2.28. The second kappa shape index (κ2) is 6.83. The highest BCUT2D eigenvalue weighted by molar-refractivity contribution is 7.69. The van der Waals surface area contributed by atoms with Gasteiger partial charge in [-0.2, -0.15) is 4.31 Å². The predicted molar refractivity (Wildman–Crippen MR) is 54.1 cm³/mol. The summed E-state index contributed by atoms with van der Waals surface area (Å²) in [5.74, 6) is -1.38. The molecule has 13 nitrogen and oxygen atoms in total. The van der Waals surface area contributed by atoms with E-state index in [2.05, 4.69) is 4.31 Å². The minimum absolute atomic E-state index is 1.38. The Bertz CT molecular complexity index is 342. The van der Waals surface area contributed by atoms with Gasteiger partial charge in [0, 0.05) is 0 Å². The Kier molecular flexibility index (Phi) is 7.91. The summed E-state index contributed by atoms with van der Waals surface area (Å²) in [6.45, 7) is 0. The Morgan fingerprint density at radius 3 is 0.833 bits per heavy atom. The fourth-order valence-corrected chi connectivity index (χ4v) is 3.41. The summed E-state index contributed by atoms with van der Waals surface area (Å²) in [6.07, 6.45) is 0. The lowest BCUT2D eigenvalue weighted by molar-refractivity contribution is 0.225. The van der Waals surface area contributed by atoms with Crippen LogP contribution in [0.4, 0.5) is 0 Å². The minimum atomic E-state index is -5.05. The fraction of sp³-hybridized carbons (Fsp3) is 1.00. The predicted octanol–water partition coefficient (Wildman–Crippen LogP) is -1.51. The topological polar surface area (TPSA) is 239 Å². The molecule has 0 aromatic rings. The summed E-state index contributed by atoms with van der Waals surface area (Å²) in [5.41, 5.74) is 0. The summed E-state index contributed by atoms with van der Waals surface area (Å²) in [4.78, 5) is 62.9. The van der Waals surface area contributed by atoms with Gasteiger partial charge in [-0.05, 0) is 0 Å². The Balaban J connectivity index is 0. The van der Waals surface area contributed by atoms with Gasteiger partial charge < -0.3 is 39.1 Å². The Morgan fingerprint density at radius 1 is 0.611 bits per heavy atom. The van der Waals surface area contributed by atoms with Gasteiger partial charge in [-0.15, -0.1) is 0 Å². The lowest BCUT2D eigenvalue weighted by atomic mass is 11.9. The maximum atomic E-state index is 9.85. The van der Waals surface area contributed by atoms with E-state index in [4.69, 9.17) is 39.1 Å². The summed E-state index contributed by atoms with van der Waals surface area (Å²) >= 11 is 0. The molecule has 0 saturated heterocycles. The van der Waals surface area contributed by atoms with Crippen LogP contribution in [0, 0.1) is 0 Å². The molecule has 0 heterocycles. The van der Waals surface area contributed by atoms with Crippen LogP contribution in [0.1, 0.15) is 0 Å². The first-order valence-corrected chi connectivity index (χ1v) is 9.98. The zero-order valence-corrected chi connectivity index (χ0v) is 11.7. The van der Waals surface area contributed by atoms with E-state index in [1.165, 1.54) is 0 Å². The lowest BCUT2D eigenvalue weighted by Gasteiger charge is -2.03. The van der Waals surface area contributed by atoms with Crippen LogP contribution in [0.5, 0.6) is 0 Å². The molecule has 0 spiro atoms. The second-order valence-electron chi connectivity index (χ2n) is 2.53. The monoisotopic (exact) mass is 354 g/mol. The zero-order valence-electron chi connectivity index (χ0n) is 8.11. The highest BCUT2D eigenvalue weighted by atomic mass is 31.3. The van der Waals surface area contributed by atoms with Gasteiger partial charge in [-0.25, -0.2) is 9.13 Å². The molecule has 17 heteroatoms. The number of rotatable bonds is 4. The van der Waals surface area contributed by atoms with E-state index < -0.39 is 36.7 Å². The van der Waals surface area contributed by atoms with Gasteiger partial charge in [0.05, 0.1) is 0 Å². The van der Waals surface area contributed by atoms with Crippen molar-refractivity contribution in [2.75, 3.05) is 5.90 Å². The van der Waals surface area contributed by atoms with Crippen LogP contribution >= 0.6 is 30.8 Å². The molecule has 18 heavy (non-hydrogen) atoms. The molecule has 8 N–H and O–H groups in total. The van der Waals surface area contributed by atoms with Crippen molar-refractivity contribution in [1.29, 1.82) is 0 Å². The quantitative estimate of drug-likeness (QED) is 0.268. The Labute approximate surface area is 99.2 Å². The average Bonchev–Trinajstić information content (AvgIpc) is 1.64. The molecule has 0 bridgehead atoms. The number of hydrogen-bond acceptors (Lipinski definition) is 5. The van der Waals surface area contributed by atoms with Gasteiger partial charge in [0.15, 0.2) is 5.90 Å². The normalized spacial score (nSPS) is 13.8. The molecule has 0 radical (unpaired) electrons. The van der Waals surface area contributed by atoms with Gasteiger partial charge in [0.1, 0.15) is 0 Å². The molecule has 0 atom stereocenters. The second-order valence-corrected chi connectivity index (χ2v) is 8.94. The first-order valence-electron chi connectivity index (χ1n) is 3.33. The van der Waals surface area contributed by atoms with Crippen molar-refractivity contribution in [3.05, 3.63) is 0 Å². The molecular formula is CH10O13P4. The van der Waals surface area contributed by atoms with E-state index in [0.717, 1.165) is 0 Å². The Hall–Kier alpha value is 0.560. The van der Waals surface area contributed by atoms with Crippen LogP contribution in [-0.2, 0) is 22.6 Å². The van der Waals surface area contributed by atoms with Crippen molar-refractivity contribution in [1.82, 2.24) is 0 Å². The van der Waals surface area contributed by atoms with Crippen LogP contribution < -0.4 is 0 Å². The van der Waals surface area contributed by atoms with E-state index in [0.29, 0.717) is 0 Å². The van der Waals surface area contributed by atoms with Crippen LogP contribution in [0.2, 0.25) is 0 Å². The molecule has 0 aliphatic carbocycles. The average molecular weight is 354 g/mol. The molecule has 0 rings (SSSR count). The molecule has 0 saturated carbocycles. The van der Waals surface area contributed by atoms with Crippen molar-refractivity contribution in [3.8, 4) is 0 Å². The van der Waals surface area contributed by atoms with Crippen molar-refractivity contribution in [2.24, 2.45) is 0 Å². The Morgan fingerprint density at radius 2 is 0.833 bits per heavy atom. The van der Waals surface area contributed by atoms with Gasteiger partial charge >= 0.3 is 30.8 Å². The molecule has 112 valence electrons. The summed E-state index contributed by atoms with van der Waals surface area (Å²) < 4.78 is 41.9. The maximum Gasteiger partial charge on any atom is 0.478 e. The van der Waals surface area contributed by atoms with Crippen molar-refractivity contribution in [3.63, 3.8) is 0 Å². The molecule has 0 aromatic carbocycles. The molecule has 0 amide bonds. The van der Waals surface area contributed by atoms with Crippen molar-refractivity contribution >= 4 is 30.8 Å². The van der Waals surface area contributed by atoms with Gasteiger partial charge in [0.2, 0.25) is 0 Å². The molecule has 0 aliphatic heterocycles. The highest BCUT2D eigenvalue weighted by Crippen LogP contribution is 2.54. The lowest BCUT2D eigenvalue weighted by Crippen LogP contribution is -1.88. The van der Waals surface area contributed by atoms with E-state index in [-0.39, 0.29) is 0 Å². The van der Waals surface area contributed by atoms with Gasteiger partial charge in [-0.1, -0.05) is 0 Å². The third-order valence-corrected chi connectivity index (χ3v) is 5.23. The summed E-state index contributed by atoms with van der Waals surface area (Å²) in [6, 6.07) is 0. The standard InChI is InChI=1S/CH6O6P2.H4O7P2/c2-8(3,4)1-9(5,6)7;1-8(2,3)7-9(4,5)6/h1H2,(H2,2,3,4)(H2,5,6,7);(H2,1,2,3)(H2,4,5,6). The van der Waals surface area contributed by atoms with Gasteiger partial charge in [-0.3, -0.25) is 9.13 Å². The van der Waals surface area contributed by atoms with Crippen molar-refractivity contribution in [2.45, 2.75) is 0 Å². The smallest absolute Gasteiger partial charge is 0.324 e. The van der Waals surface area contributed by atoms with E-state index in [9.17, 15) is 18.3 Å². The minimum Gasteiger partial charge on any atom is -0.324 e. The van der Waals surface area contributed by atoms with Crippen LogP contribution in [0.25, 0.3) is 0 Å². The third kappa shape index (κ3) is 25.4. The third-order valence-electron chi connectivity index (χ3n) is 0.581. The largest absolute Gasteiger partial charge is 0.478 e. The van der Waals surface area contributed by atoms with E-state index >= 15 is 0 Å². The zero-order chi connectivity index (χ0) is 15.4. The van der Waals surface area contributed by atoms with Gasteiger partial charge in [0.25, 0.3) is 0 Å². The molecular weight excluding hydrogens is 344 g/mol. The summed E-state index contributed by atoms with van der Waals surface area (Å²) in [7, 11) is -19.2. The number of phosphoric acid groups is 2. The first kappa shape index (κ1) is 20.9. The van der Waals surface area contributed by atoms with Crippen LogP contribution in [0.3, 0.4) is 0 Å². The summed E-state index contributed by atoms with van der Waals surface area (Å²) in [5, 5.41) is 0. The fourth-order valence-electron chi connectivity index (χ4n) is 0.379. The molecule has 0 aromatic heterocycles. The first-order chi connectivity index (χ1) is 7.41. The van der Waals surface area contributed by atoms with Crippen LogP contribution in [-0.4, -0.2) is 45.1 Å². The van der Waals surface area contributed by atoms with Crippen molar-refractivity contribution < 1.29 is 61.7 Å². The van der Waals surface area contributed by atoms with Crippen LogP contribution in [0.15, 0.2) is 0 Å². The molecule has 0 unspecified atom stereocenters.